The Hall–Kier alpha value is -3.37. The monoisotopic (exact) mass is 396 g/mol. The Morgan fingerprint density at radius 1 is 1.07 bits per heavy atom. The third-order valence-corrected chi connectivity index (χ3v) is 4.32. The van der Waals surface area contributed by atoms with E-state index < -0.39 is 11.8 Å². The molecular formula is C22H24N2O5. The molecule has 0 spiro atoms. The van der Waals surface area contributed by atoms with Crippen LogP contribution in [0.1, 0.15) is 54.1 Å². The van der Waals surface area contributed by atoms with E-state index in [1.54, 1.807) is 47.9 Å². The maximum atomic E-state index is 13.1. The van der Waals surface area contributed by atoms with Crippen LogP contribution in [-0.2, 0) is 4.79 Å². The van der Waals surface area contributed by atoms with Crippen molar-refractivity contribution in [3.63, 3.8) is 0 Å². The Kier molecular flexibility index (Phi) is 8.19. The van der Waals surface area contributed by atoms with Crippen LogP contribution in [0.15, 0.2) is 42.5 Å². The van der Waals surface area contributed by atoms with Gasteiger partial charge in [0, 0.05) is 17.5 Å². The van der Waals surface area contributed by atoms with Gasteiger partial charge in [-0.05, 0) is 68.3 Å². The van der Waals surface area contributed by atoms with Gasteiger partial charge in [0.1, 0.15) is 11.5 Å². The second-order valence-corrected chi connectivity index (χ2v) is 6.22. The molecule has 1 amide bonds. The Morgan fingerprint density at radius 2 is 1.69 bits per heavy atom. The van der Waals surface area contributed by atoms with E-state index in [2.05, 4.69) is 6.07 Å². The average Bonchev–Trinajstić information content (AvgIpc) is 2.74. The van der Waals surface area contributed by atoms with E-state index in [9.17, 15) is 14.9 Å². The van der Waals surface area contributed by atoms with Gasteiger partial charge in [0.2, 0.25) is 5.91 Å². The summed E-state index contributed by atoms with van der Waals surface area (Å²) in [5.41, 5.74) is 2.87. The zero-order chi connectivity index (χ0) is 21.2. The molecule has 29 heavy (non-hydrogen) atoms. The summed E-state index contributed by atoms with van der Waals surface area (Å²) in [7, 11) is 0. The Bertz CT molecular complexity index is 887. The summed E-state index contributed by atoms with van der Waals surface area (Å²) in [6.45, 7) is 4.69. The summed E-state index contributed by atoms with van der Waals surface area (Å²) >= 11 is 0. The lowest BCUT2D eigenvalue weighted by Crippen LogP contribution is -2.19. The van der Waals surface area contributed by atoms with Crippen molar-refractivity contribution < 1.29 is 24.3 Å². The number of hydrogen-bond acceptors (Lipinski definition) is 6. The smallest absolute Gasteiger partial charge is 0.243 e. The number of hydroxylamine groups is 1. The molecule has 0 saturated heterocycles. The average molecular weight is 396 g/mol. The minimum atomic E-state index is -0.714. The molecule has 0 aliphatic heterocycles. The van der Waals surface area contributed by atoms with Crippen molar-refractivity contribution in [1.29, 1.82) is 5.26 Å². The third-order valence-electron chi connectivity index (χ3n) is 4.32. The lowest BCUT2D eigenvalue weighted by molar-refractivity contribution is -0.129. The van der Waals surface area contributed by atoms with Gasteiger partial charge >= 0.3 is 0 Å². The SMILES string of the molecule is CCOc1ccc(C(=O)c2ccc(OCC)cc2C(C#N)CCC(=O)NO)cc1. The molecule has 0 radical (unpaired) electrons. The predicted octanol–water partition coefficient (Wildman–Crippen LogP) is 3.61. The van der Waals surface area contributed by atoms with Crippen LogP contribution < -0.4 is 15.0 Å². The number of amides is 1. The van der Waals surface area contributed by atoms with E-state index in [1.165, 1.54) is 0 Å². The molecule has 0 aliphatic carbocycles. The highest BCUT2D eigenvalue weighted by molar-refractivity contribution is 6.10. The summed E-state index contributed by atoms with van der Waals surface area (Å²) in [4.78, 5) is 24.5. The van der Waals surface area contributed by atoms with E-state index in [0.29, 0.717) is 41.4 Å². The molecular weight excluding hydrogens is 372 g/mol. The molecule has 2 N–H and O–H groups in total. The molecule has 0 fully saturated rings. The quantitative estimate of drug-likeness (QED) is 0.361. The van der Waals surface area contributed by atoms with Crippen LogP contribution in [0.3, 0.4) is 0 Å². The highest BCUT2D eigenvalue weighted by atomic mass is 16.5. The Balaban J connectivity index is 2.40. The number of nitrogens with zero attached hydrogens (tertiary/aromatic N) is 1. The van der Waals surface area contributed by atoms with E-state index in [1.807, 2.05) is 13.8 Å². The van der Waals surface area contributed by atoms with Gasteiger partial charge < -0.3 is 9.47 Å². The molecule has 2 aromatic rings. The fourth-order valence-electron chi connectivity index (χ4n) is 2.94. The molecule has 2 aromatic carbocycles. The van der Waals surface area contributed by atoms with Crippen LogP contribution >= 0.6 is 0 Å². The highest BCUT2D eigenvalue weighted by Gasteiger charge is 2.22. The fraction of sp³-hybridized carbons (Fsp3) is 0.318. The van der Waals surface area contributed by atoms with Crippen molar-refractivity contribution in [2.24, 2.45) is 0 Å². The number of rotatable bonds is 10. The zero-order valence-electron chi connectivity index (χ0n) is 16.5. The molecule has 0 aromatic heterocycles. The summed E-state index contributed by atoms with van der Waals surface area (Å²) in [5, 5.41) is 18.3. The highest BCUT2D eigenvalue weighted by Crippen LogP contribution is 2.30. The first-order valence-electron chi connectivity index (χ1n) is 9.40. The minimum absolute atomic E-state index is 0.0513. The van der Waals surface area contributed by atoms with E-state index in [-0.39, 0.29) is 18.6 Å². The minimum Gasteiger partial charge on any atom is -0.494 e. The largest absolute Gasteiger partial charge is 0.494 e. The number of hydrogen-bond donors (Lipinski definition) is 2. The van der Waals surface area contributed by atoms with Gasteiger partial charge in [0.25, 0.3) is 0 Å². The molecule has 0 heterocycles. The molecule has 7 heteroatoms. The maximum absolute atomic E-state index is 13.1. The van der Waals surface area contributed by atoms with Crippen molar-refractivity contribution in [2.75, 3.05) is 13.2 Å². The molecule has 0 bridgehead atoms. The first-order valence-corrected chi connectivity index (χ1v) is 9.40. The maximum Gasteiger partial charge on any atom is 0.243 e. The van der Waals surface area contributed by atoms with Crippen LogP contribution in [0, 0.1) is 11.3 Å². The molecule has 1 atom stereocenters. The zero-order valence-corrected chi connectivity index (χ0v) is 16.5. The standard InChI is InChI=1S/C22H24N2O5/c1-3-28-17-8-5-15(6-9-17)22(26)19-11-10-18(29-4-2)13-20(19)16(14-23)7-12-21(25)24-27/h5-6,8-11,13,16,27H,3-4,7,12H2,1-2H3,(H,24,25). The normalized spacial score (nSPS) is 11.2. The summed E-state index contributed by atoms with van der Waals surface area (Å²) in [6, 6.07) is 13.9. The molecule has 1 unspecified atom stereocenters. The van der Waals surface area contributed by atoms with Gasteiger partial charge in [-0.1, -0.05) is 0 Å². The number of carbonyl (C=O) groups is 2. The molecule has 0 aliphatic rings. The van der Waals surface area contributed by atoms with Crippen molar-refractivity contribution in [3.8, 4) is 17.6 Å². The van der Waals surface area contributed by atoms with Gasteiger partial charge in [-0.15, -0.1) is 0 Å². The topological polar surface area (TPSA) is 109 Å². The van der Waals surface area contributed by atoms with Crippen LogP contribution in [0.4, 0.5) is 0 Å². The van der Waals surface area contributed by atoms with Gasteiger partial charge in [-0.3, -0.25) is 14.8 Å². The van der Waals surface area contributed by atoms with E-state index in [0.717, 1.165) is 0 Å². The predicted molar refractivity (Wildman–Crippen MR) is 106 cm³/mol. The number of benzene rings is 2. The van der Waals surface area contributed by atoms with Crippen LogP contribution in [-0.4, -0.2) is 30.1 Å². The number of carbonyl (C=O) groups excluding carboxylic acids is 2. The fourth-order valence-corrected chi connectivity index (χ4v) is 2.94. The van der Waals surface area contributed by atoms with Gasteiger partial charge in [-0.25, -0.2) is 5.48 Å². The van der Waals surface area contributed by atoms with E-state index in [4.69, 9.17) is 14.7 Å². The molecule has 7 nitrogen and oxygen atoms in total. The number of ether oxygens (including phenoxy) is 2. The number of ketones is 1. The van der Waals surface area contributed by atoms with Crippen molar-refractivity contribution in [2.45, 2.75) is 32.6 Å². The van der Waals surface area contributed by atoms with Crippen molar-refractivity contribution in [3.05, 3.63) is 59.2 Å². The lowest BCUT2D eigenvalue weighted by Gasteiger charge is -2.16. The third kappa shape index (κ3) is 5.80. The Labute approximate surface area is 169 Å². The second-order valence-electron chi connectivity index (χ2n) is 6.22. The first-order chi connectivity index (χ1) is 14.0. The van der Waals surface area contributed by atoms with Gasteiger partial charge in [-0.2, -0.15) is 5.26 Å². The Morgan fingerprint density at radius 3 is 2.28 bits per heavy atom. The molecule has 2 rings (SSSR count). The van der Waals surface area contributed by atoms with Crippen LogP contribution in [0.5, 0.6) is 11.5 Å². The molecule has 0 saturated carbocycles. The van der Waals surface area contributed by atoms with Crippen LogP contribution in [0.2, 0.25) is 0 Å². The summed E-state index contributed by atoms with van der Waals surface area (Å²) in [6.07, 6.45) is 0.103. The number of nitriles is 1. The van der Waals surface area contributed by atoms with Crippen molar-refractivity contribution in [1.82, 2.24) is 5.48 Å². The van der Waals surface area contributed by atoms with Crippen molar-refractivity contribution >= 4 is 11.7 Å². The lowest BCUT2D eigenvalue weighted by atomic mass is 9.88. The summed E-state index contributed by atoms with van der Waals surface area (Å²) in [5.74, 6) is -0.337. The summed E-state index contributed by atoms with van der Waals surface area (Å²) < 4.78 is 10.9. The first kappa shape index (κ1) is 21.9. The molecule has 152 valence electrons. The number of nitrogens with one attached hydrogen (secondary N) is 1. The van der Waals surface area contributed by atoms with Gasteiger partial charge in [0.05, 0.1) is 25.2 Å². The second kappa shape index (κ2) is 10.8. The van der Waals surface area contributed by atoms with Gasteiger partial charge in [0.15, 0.2) is 5.78 Å². The van der Waals surface area contributed by atoms with E-state index >= 15 is 0 Å². The van der Waals surface area contributed by atoms with Crippen LogP contribution in [0.25, 0.3) is 0 Å².